The Morgan fingerprint density at radius 3 is 2.38 bits per heavy atom. The van der Waals surface area contributed by atoms with Crippen LogP contribution in [0, 0.1) is 11.3 Å². The van der Waals surface area contributed by atoms with Crippen LogP contribution in [0.3, 0.4) is 0 Å². The second-order valence-corrected chi connectivity index (χ2v) is 4.03. The van der Waals surface area contributed by atoms with E-state index < -0.39 is 5.97 Å². The van der Waals surface area contributed by atoms with Crippen LogP contribution in [-0.4, -0.2) is 13.1 Å². The highest BCUT2D eigenvalue weighted by molar-refractivity contribution is 9.10. The lowest BCUT2D eigenvalue weighted by atomic mass is 10.0. The fraction of sp³-hybridized carbons (Fsp3) is 0.167. The van der Waals surface area contributed by atoms with Crippen LogP contribution in [0.5, 0.6) is 0 Å². The standard InChI is InChI=1S/C12H10BrNO2/c1-8(11(7-14)12(15)16-2)9-3-5-10(13)6-4-9/h3-6H,1-2H3/b11-8+. The molecule has 0 radical (unpaired) electrons. The van der Waals surface area contributed by atoms with Gasteiger partial charge in [-0.05, 0) is 30.2 Å². The van der Waals surface area contributed by atoms with Crippen LogP contribution in [0.4, 0.5) is 0 Å². The summed E-state index contributed by atoms with van der Waals surface area (Å²) in [5.41, 5.74) is 1.47. The highest BCUT2D eigenvalue weighted by atomic mass is 79.9. The summed E-state index contributed by atoms with van der Waals surface area (Å²) in [5.74, 6) is -0.608. The summed E-state index contributed by atoms with van der Waals surface area (Å²) in [5, 5.41) is 8.90. The van der Waals surface area contributed by atoms with Gasteiger partial charge in [-0.15, -0.1) is 0 Å². The molecule has 0 unspecified atom stereocenters. The molecule has 1 aromatic rings. The Balaban J connectivity index is 3.21. The highest BCUT2D eigenvalue weighted by Gasteiger charge is 2.13. The van der Waals surface area contributed by atoms with Crippen molar-refractivity contribution < 1.29 is 9.53 Å². The van der Waals surface area contributed by atoms with Gasteiger partial charge in [0.25, 0.3) is 0 Å². The lowest BCUT2D eigenvalue weighted by molar-refractivity contribution is -0.135. The van der Waals surface area contributed by atoms with Gasteiger partial charge in [0.2, 0.25) is 0 Å². The summed E-state index contributed by atoms with van der Waals surface area (Å²) in [6, 6.07) is 9.23. The van der Waals surface area contributed by atoms with Crippen molar-refractivity contribution in [3.05, 3.63) is 39.9 Å². The maximum atomic E-state index is 11.3. The van der Waals surface area contributed by atoms with E-state index in [1.165, 1.54) is 7.11 Å². The first-order chi connectivity index (χ1) is 7.60. The molecule has 0 aliphatic rings. The minimum Gasteiger partial charge on any atom is -0.465 e. The average molecular weight is 280 g/mol. The summed E-state index contributed by atoms with van der Waals surface area (Å²) < 4.78 is 5.49. The lowest BCUT2D eigenvalue weighted by Crippen LogP contribution is -2.05. The van der Waals surface area contributed by atoms with E-state index in [-0.39, 0.29) is 5.57 Å². The van der Waals surface area contributed by atoms with Crippen LogP contribution in [0.1, 0.15) is 12.5 Å². The molecule has 0 saturated heterocycles. The van der Waals surface area contributed by atoms with Crippen molar-refractivity contribution >= 4 is 27.5 Å². The normalized spacial score (nSPS) is 11.4. The van der Waals surface area contributed by atoms with Gasteiger partial charge >= 0.3 is 5.97 Å². The maximum Gasteiger partial charge on any atom is 0.348 e. The quantitative estimate of drug-likeness (QED) is 0.475. The van der Waals surface area contributed by atoms with E-state index in [1.807, 2.05) is 30.3 Å². The van der Waals surface area contributed by atoms with E-state index in [1.54, 1.807) is 6.92 Å². The zero-order chi connectivity index (χ0) is 12.1. The van der Waals surface area contributed by atoms with E-state index in [0.717, 1.165) is 10.0 Å². The molecule has 4 heteroatoms. The van der Waals surface area contributed by atoms with Crippen molar-refractivity contribution in [1.29, 1.82) is 5.26 Å². The lowest BCUT2D eigenvalue weighted by Gasteiger charge is -2.04. The topological polar surface area (TPSA) is 50.1 Å². The van der Waals surface area contributed by atoms with Gasteiger partial charge in [0.1, 0.15) is 11.6 Å². The van der Waals surface area contributed by atoms with Crippen LogP contribution in [0.25, 0.3) is 5.57 Å². The molecule has 1 aromatic carbocycles. The molecular weight excluding hydrogens is 270 g/mol. The summed E-state index contributed by atoms with van der Waals surface area (Å²) in [6.45, 7) is 1.72. The molecule has 0 aliphatic carbocycles. The van der Waals surface area contributed by atoms with Crippen LogP contribution in [-0.2, 0) is 9.53 Å². The third kappa shape index (κ3) is 2.71. The molecule has 0 N–H and O–H groups in total. The molecule has 0 atom stereocenters. The number of methoxy groups -OCH3 is 1. The minimum atomic E-state index is -0.608. The summed E-state index contributed by atoms with van der Waals surface area (Å²) >= 11 is 3.32. The van der Waals surface area contributed by atoms with Crippen LogP contribution < -0.4 is 0 Å². The Bertz CT molecular complexity index is 469. The zero-order valence-electron chi connectivity index (χ0n) is 8.95. The first-order valence-electron chi connectivity index (χ1n) is 4.55. The number of allylic oxidation sites excluding steroid dienone is 1. The molecule has 3 nitrogen and oxygen atoms in total. The van der Waals surface area contributed by atoms with Crippen molar-refractivity contribution in [3.63, 3.8) is 0 Å². The van der Waals surface area contributed by atoms with E-state index in [9.17, 15) is 4.79 Å². The largest absolute Gasteiger partial charge is 0.465 e. The summed E-state index contributed by atoms with van der Waals surface area (Å²) in [4.78, 5) is 11.3. The van der Waals surface area contributed by atoms with E-state index in [2.05, 4.69) is 20.7 Å². The number of halogens is 1. The maximum absolute atomic E-state index is 11.3. The first kappa shape index (κ1) is 12.5. The second-order valence-electron chi connectivity index (χ2n) is 3.11. The number of nitrogens with zero attached hydrogens (tertiary/aromatic N) is 1. The highest BCUT2D eigenvalue weighted by Crippen LogP contribution is 2.21. The number of hydrogen-bond donors (Lipinski definition) is 0. The van der Waals surface area contributed by atoms with Gasteiger partial charge in [-0.2, -0.15) is 5.26 Å². The SMILES string of the molecule is COC(=O)/C(C#N)=C(\C)c1ccc(Br)cc1. The summed E-state index contributed by atoms with van der Waals surface area (Å²) in [6.07, 6.45) is 0. The number of rotatable bonds is 2. The van der Waals surface area contributed by atoms with Gasteiger partial charge < -0.3 is 4.74 Å². The van der Waals surface area contributed by atoms with Crippen molar-refractivity contribution in [2.24, 2.45) is 0 Å². The number of nitriles is 1. The molecule has 0 spiro atoms. The Kier molecular flexibility index (Phi) is 4.27. The summed E-state index contributed by atoms with van der Waals surface area (Å²) in [7, 11) is 1.26. The molecule has 1 rings (SSSR count). The van der Waals surface area contributed by atoms with Gasteiger partial charge in [0, 0.05) is 4.47 Å². The molecule has 0 heterocycles. The van der Waals surface area contributed by atoms with Crippen molar-refractivity contribution in [1.82, 2.24) is 0 Å². The third-order valence-corrected chi connectivity index (χ3v) is 2.68. The molecule has 0 amide bonds. The van der Waals surface area contributed by atoms with E-state index >= 15 is 0 Å². The fourth-order valence-corrected chi connectivity index (χ4v) is 1.49. The van der Waals surface area contributed by atoms with E-state index in [0.29, 0.717) is 5.57 Å². The number of ether oxygens (including phenoxy) is 1. The van der Waals surface area contributed by atoms with Crippen molar-refractivity contribution in [2.45, 2.75) is 6.92 Å². The predicted octanol–water partition coefficient (Wildman–Crippen LogP) is 2.92. The molecule has 0 aromatic heterocycles. The number of carbonyl (C=O) groups is 1. The molecule has 0 fully saturated rings. The van der Waals surface area contributed by atoms with Gasteiger partial charge in [-0.3, -0.25) is 0 Å². The van der Waals surface area contributed by atoms with Crippen LogP contribution >= 0.6 is 15.9 Å². The van der Waals surface area contributed by atoms with Crippen molar-refractivity contribution in [2.75, 3.05) is 7.11 Å². The Morgan fingerprint density at radius 2 is 1.94 bits per heavy atom. The third-order valence-electron chi connectivity index (χ3n) is 2.15. The van der Waals surface area contributed by atoms with Gasteiger partial charge in [-0.25, -0.2) is 4.79 Å². The smallest absolute Gasteiger partial charge is 0.348 e. The molecular formula is C12H10BrNO2. The number of esters is 1. The Hall–Kier alpha value is -1.60. The second kappa shape index (κ2) is 5.47. The van der Waals surface area contributed by atoms with Gasteiger partial charge in [-0.1, -0.05) is 28.1 Å². The monoisotopic (exact) mass is 279 g/mol. The number of benzene rings is 1. The van der Waals surface area contributed by atoms with Gasteiger partial charge in [0.05, 0.1) is 7.11 Å². The van der Waals surface area contributed by atoms with Gasteiger partial charge in [0.15, 0.2) is 0 Å². The first-order valence-corrected chi connectivity index (χ1v) is 5.34. The molecule has 0 bridgehead atoms. The zero-order valence-corrected chi connectivity index (χ0v) is 10.5. The molecule has 16 heavy (non-hydrogen) atoms. The fourth-order valence-electron chi connectivity index (χ4n) is 1.23. The predicted molar refractivity (Wildman–Crippen MR) is 64.4 cm³/mol. The molecule has 82 valence electrons. The Morgan fingerprint density at radius 1 is 1.38 bits per heavy atom. The number of hydrogen-bond acceptors (Lipinski definition) is 3. The molecule has 0 saturated carbocycles. The van der Waals surface area contributed by atoms with Crippen LogP contribution in [0.15, 0.2) is 34.3 Å². The van der Waals surface area contributed by atoms with E-state index in [4.69, 9.17) is 5.26 Å². The van der Waals surface area contributed by atoms with Crippen LogP contribution in [0.2, 0.25) is 0 Å². The average Bonchev–Trinajstić information content (AvgIpc) is 2.30. The number of carbonyl (C=O) groups excluding carboxylic acids is 1. The molecule has 0 aliphatic heterocycles. The minimum absolute atomic E-state index is 0.0322. The van der Waals surface area contributed by atoms with Crippen molar-refractivity contribution in [3.8, 4) is 6.07 Å². The Labute approximate surface area is 102 Å².